The first-order valence-electron chi connectivity index (χ1n) is 5.54. The molecule has 0 aliphatic heterocycles. The number of rotatable bonds is 5. The van der Waals surface area contributed by atoms with Crippen LogP contribution in [0.25, 0.3) is 0 Å². The summed E-state index contributed by atoms with van der Waals surface area (Å²) in [5.41, 5.74) is 1.16. The number of hydrogen-bond acceptors (Lipinski definition) is 2. The van der Waals surface area contributed by atoms with Crippen molar-refractivity contribution in [1.29, 1.82) is 0 Å². The van der Waals surface area contributed by atoms with E-state index in [0.29, 0.717) is 13.0 Å². The summed E-state index contributed by atoms with van der Waals surface area (Å²) in [7, 11) is 0. The smallest absolute Gasteiger partial charge is 0.306 e. The normalized spacial score (nSPS) is 12.2. The first-order chi connectivity index (χ1) is 7.63. The second kappa shape index (κ2) is 6.69. The zero-order chi connectivity index (χ0) is 12.0. The molecular formula is C13H17BrO2. The maximum Gasteiger partial charge on any atom is 0.306 e. The molecule has 0 aliphatic carbocycles. The summed E-state index contributed by atoms with van der Waals surface area (Å²) < 4.78 is 6.11. The maximum atomic E-state index is 11.4. The Labute approximate surface area is 105 Å². The molecule has 0 saturated heterocycles. The largest absolute Gasteiger partial charge is 0.466 e. The van der Waals surface area contributed by atoms with Crippen LogP contribution in [0.4, 0.5) is 0 Å². The Bertz CT molecular complexity index is 332. The van der Waals surface area contributed by atoms with E-state index in [4.69, 9.17) is 4.74 Å². The summed E-state index contributed by atoms with van der Waals surface area (Å²) >= 11 is 3.39. The lowest BCUT2D eigenvalue weighted by Crippen LogP contribution is -2.09. The number of halogens is 1. The average molecular weight is 285 g/mol. The molecule has 1 aromatic carbocycles. The van der Waals surface area contributed by atoms with E-state index < -0.39 is 0 Å². The van der Waals surface area contributed by atoms with Gasteiger partial charge in [-0.2, -0.15) is 0 Å². The molecule has 0 heterocycles. The van der Waals surface area contributed by atoms with Crippen molar-refractivity contribution in [1.82, 2.24) is 0 Å². The maximum absolute atomic E-state index is 11.4. The van der Waals surface area contributed by atoms with E-state index in [1.54, 1.807) is 0 Å². The van der Waals surface area contributed by atoms with Gasteiger partial charge in [0.1, 0.15) is 0 Å². The average Bonchev–Trinajstić information content (AvgIpc) is 2.27. The fraction of sp³-hybridized carbons (Fsp3) is 0.462. The molecular weight excluding hydrogens is 268 g/mol. The van der Waals surface area contributed by atoms with Crippen LogP contribution in [0.1, 0.15) is 38.2 Å². The fourth-order valence-electron chi connectivity index (χ4n) is 1.43. The van der Waals surface area contributed by atoms with Crippen molar-refractivity contribution >= 4 is 21.9 Å². The van der Waals surface area contributed by atoms with Gasteiger partial charge in [-0.25, -0.2) is 0 Å². The first-order valence-corrected chi connectivity index (χ1v) is 6.34. The van der Waals surface area contributed by atoms with Gasteiger partial charge in [0.2, 0.25) is 0 Å². The van der Waals surface area contributed by atoms with Crippen molar-refractivity contribution in [2.75, 3.05) is 6.61 Å². The van der Waals surface area contributed by atoms with Crippen LogP contribution in [0, 0.1) is 0 Å². The van der Waals surface area contributed by atoms with Crippen LogP contribution in [-0.4, -0.2) is 12.6 Å². The Morgan fingerprint density at radius 3 is 2.56 bits per heavy atom. The minimum Gasteiger partial charge on any atom is -0.466 e. The summed E-state index contributed by atoms with van der Waals surface area (Å²) in [5.74, 6) is 0.0923. The van der Waals surface area contributed by atoms with E-state index in [2.05, 4.69) is 15.9 Å². The Kier molecular flexibility index (Phi) is 5.53. The molecule has 0 amide bonds. The molecule has 0 spiro atoms. The van der Waals surface area contributed by atoms with Gasteiger partial charge in [-0.3, -0.25) is 4.79 Å². The van der Waals surface area contributed by atoms with Crippen LogP contribution in [0.3, 0.4) is 0 Å². The molecule has 0 bridgehead atoms. The third-order valence-electron chi connectivity index (χ3n) is 2.38. The predicted molar refractivity (Wildman–Crippen MR) is 68.4 cm³/mol. The Balaban J connectivity index is 2.48. The molecule has 0 N–H and O–H groups in total. The second-order valence-electron chi connectivity index (χ2n) is 3.88. The van der Waals surface area contributed by atoms with E-state index in [-0.39, 0.29) is 11.9 Å². The molecule has 16 heavy (non-hydrogen) atoms. The highest BCUT2D eigenvalue weighted by atomic mass is 79.9. The molecule has 0 fully saturated rings. The van der Waals surface area contributed by atoms with Gasteiger partial charge in [0.25, 0.3) is 0 Å². The number of ether oxygens (including phenoxy) is 1. The molecule has 3 heteroatoms. The number of esters is 1. The van der Waals surface area contributed by atoms with Crippen LogP contribution < -0.4 is 0 Å². The van der Waals surface area contributed by atoms with Crippen LogP contribution >= 0.6 is 15.9 Å². The van der Waals surface area contributed by atoms with Crippen molar-refractivity contribution in [3.05, 3.63) is 34.3 Å². The molecule has 1 atom stereocenters. The van der Waals surface area contributed by atoms with E-state index >= 15 is 0 Å². The highest BCUT2D eigenvalue weighted by Gasteiger charge is 2.11. The van der Waals surface area contributed by atoms with E-state index in [9.17, 15) is 4.79 Å². The fourth-order valence-corrected chi connectivity index (χ4v) is 1.70. The summed E-state index contributed by atoms with van der Waals surface area (Å²) in [6.45, 7) is 4.55. The van der Waals surface area contributed by atoms with E-state index in [1.165, 1.54) is 0 Å². The third kappa shape index (κ3) is 4.35. The van der Waals surface area contributed by atoms with Gasteiger partial charge >= 0.3 is 5.97 Å². The molecule has 0 saturated carbocycles. The molecule has 1 aromatic rings. The van der Waals surface area contributed by atoms with Crippen molar-refractivity contribution in [2.45, 2.75) is 32.6 Å². The molecule has 88 valence electrons. The lowest BCUT2D eigenvalue weighted by Gasteiger charge is -2.11. The summed E-state index contributed by atoms with van der Waals surface area (Å²) in [4.78, 5) is 11.4. The van der Waals surface area contributed by atoms with Crippen molar-refractivity contribution in [3.8, 4) is 0 Å². The standard InChI is InChI=1S/C13H17BrO2/c1-3-8-16-13(15)9-10(2)11-4-6-12(14)7-5-11/h4-7,10H,3,8-9H2,1-2H3. The third-order valence-corrected chi connectivity index (χ3v) is 2.91. The predicted octanol–water partition coefficient (Wildman–Crippen LogP) is 3.90. The molecule has 0 radical (unpaired) electrons. The van der Waals surface area contributed by atoms with Gasteiger partial charge < -0.3 is 4.74 Å². The monoisotopic (exact) mass is 284 g/mol. The Morgan fingerprint density at radius 2 is 2.00 bits per heavy atom. The molecule has 0 aromatic heterocycles. The minimum absolute atomic E-state index is 0.114. The SMILES string of the molecule is CCCOC(=O)CC(C)c1ccc(Br)cc1. The summed E-state index contributed by atoms with van der Waals surface area (Å²) in [6.07, 6.45) is 1.32. The molecule has 2 nitrogen and oxygen atoms in total. The topological polar surface area (TPSA) is 26.3 Å². The van der Waals surface area contributed by atoms with Gasteiger partial charge in [-0.15, -0.1) is 0 Å². The van der Waals surface area contributed by atoms with Gasteiger partial charge in [0, 0.05) is 4.47 Å². The Hall–Kier alpha value is -0.830. The lowest BCUT2D eigenvalue weighted by atomic mass is 9.98. The van der Waals surface area contributed by atoms with Crippen molar-refractivity contribution < 1.29 is 9.53 Å². The zero-order valence-corrected chi connectivity index (χ0v) is 11.3. The van der Waals surface area contributed by atoms with Gasteiger partial charge in [0.15, 0.2) is 0 Å². The van der Waals surface area contributed by atoms with E-state index in [0.717, 1.165) is 16.5 Å². The van der Waals surface area contributed by atoms with Crippen molar-refractivity contribution in [3.63, 3.8) is 0 Å². The molecule has 1 rings (SSSR count). The zero-order valence-electron chi connectivity index (χ0n) is 9.70. The highest BCUT2D eigenvalue weighted by molar-refractivity contribution is 9.10. The second-order valence-corrected chi connectivity index (χ2v) is 4.79. The van der Waals surface area contributed by atoms with Crippen LogP contribution in [0.15, 0.2) is 28.7 Å². The van der Waals surface area contributed by atoms with E-state index in [1.807, 2.05) is 38.1 Å². The van der Waals surface area contributed by atoms with Gasteiger partial charge in [-0.05, 0) is 30.0 Å². The van der Waals surface area contributed by atoms with Gasteiger partial charge in [0.05, 0.1) is 13.0 Å². The number of benzene rings is 1. The number of hydrogen-bond donors (Lipinski definition) is 0. The number of carbonyl (C=O) groups excluding carboxylic acids is 1. The molecule has 1 unspecified atom stereocenters. The van der Waals surface area contributed by atoms with Crippen LogP contribution in [0.2, 0.25) is 0 Å². The van der Waals surface area contributed by atoms with Crippen molar-refractivity contribution in [2.24, 2.45) is 0 Å². The Morgan fingerprint density at radius 1 is 1.38 bits per heavy atom. The van der Waals surface area contributed by atoms with Crippen LogP contribution in [-0.2, 0) is 9.53 Å². The lowest BCUT2D eigenvalue weighted by molar-refractivity contribution is -0.144. The number of carbonyl (C=O) groups is 1. The van der Waals surface area contributed by atoms with Crippen LogP contribution in [0.5, 0.6) is 0 Å². The highest BCUT2D eigenvalue weighted by Crippen LogP contribution is 2.21. The summed E-state index contributed by atoms with van der Waals surface area (Å²) in [6, 6.07) is 8.04. The quantitative estimate of drug-likeness (QED) is 0.767. The van der Waals surface area contributed by atoms with Gasteiger partial charge in [-0.1, -0.05) is 41.9 Å². The first kappa shape index (κ1) is 13.2. The molecule has 0 aliphatic rings. The summed E-state index contributed by atoms with van der Waals surface area (Å²) in [5, 5.41) is 0. The minimum atomic E-state index is -0.114.